The van der Waals surface area contributed by atoms with Crippen LogP contribution in [-0.4, -0.2) is 66.1 Å². The first-order valence-corrected chi connectivity index (χ1v) is 7.60. The normalized spacial score (nSPS) is 16.9. The molecule has 1 aliphatic heterocycles. The summed E-state index contributed by atoms with van der Waals surface area (Å²) >= 11 is 0. The summed E-state index contributed by atoms with van der Waals surface area (Å²) in [6.07, 6.45) is 1.01. The fraction of sp³-hybridized carbons (Fsp3) is 0.500. The summed E-state index contributed by atoms with van der Waals surface area (Å²) in [5.41, 5.74) is 1.30. The van der Waals surface area contributed by atoms with Crippen molar-refractivity contribution in [2.75, 3.05) is 39.3 Å². The van der Waals surface area contributed by atoms with Gasteiger partial charge in [0.1, 0.15) is 6.54 Å². The van der Waals surface area contributed by atoms with Crippen LogP contribution in [0.2, 0.25) is 0 Å². The zero-order valence-corrected chi connectivity index (χ0v) is 12.7. The van der Waals surface area contributed by atoms with Crippen LogP contribution in [0.5, 0.6) is 0 Å². The number of aliphatic carboxylic acids is 1. The molecule has 22 heavy (non-hydrogen) atoms. The van der Waals surface area contributed by atoms with E-state index in [2.05, 4.69) is 27.2 Å². The second-order valence-corrected chi connectivity index (χ2v) is 5.56. The molecule has 1 aromatic carbocycles. The van der Waals surface area contributed by atoms with Crippen molar-refractivity contribution in [3.05, 3.63) is 35.9 Å². The predicted octanol–water partition coefficient (Wildman–Crippen LogP) is 0.395. The highest BCUT2D eigenvalue weighted by atomic mass is 16.4. The van der Waals surface area contributed by atoms with E-state index in [0.29, 0.717) is 0 Å². The molecule has 0 unspecified atom stereocenters. The highest BCUT2D eigenvalue weighted by Crippen LogP contribution is 2.08. The van der Waals surface area contributed by atoms with E-state index in [0.717, 1.165) is 39.1 Å². The first-order chi connectivity index (χ1) is 10.6. The number of nitrogens with one attached hydrogen (secondary N) is 1. The van der Waals surface area contributed by atoms with E-state index >= 15 is 0 Å². The van der Waals surface area contributed by atoms with Crippen molar-refractivity contribution in [2.45, 2.75) is 13.0 Å². The molecule has 1 amide bonds. The third-order valence-corrected chi connectivity index (χ3v) is 3.73. The summed E-state index contributed by atoms with van der Waals surface area (Å²) in [5.74, 6) is -1.24. The zero-order valence-electron chi connectivity index (χ0n) is 12.7. The molecule has 0 radical (unpaired) electrons. The lowest BCUT2D eigenvalue weighted by Crippen LogP contribution is -2.40. The van der Waals surface area contributed by atoms with Gasteiger partial charge in [0.05, 0.1) is 6.54 Å². The molecule has 6 heteroatoms. The molecule has 1 heterocycles. The molecule has 0 atom stereocenters. The lowest BCUT2D eigenvalue weighted by molar-refractivity contribution is -0.138. The number of carboxylic acids is 1. The number of hydrogen-bond acceptors (Lipinski definition) is 4. The molecule has 120 valence electrons. The zero-order chi connectivity index (χ0) is 15.8. The maximum atomic E-state index is 11.7. The Morgan fingerprint density at radius 1 is 1.05 bits per heavy atom. The van der Waals surface area contributed by atoms with Crippen molar-refractivity contribution in [1.82, 2.24) is 15.1 Å². The average molecular weight is 305 g/mol. The Bertz CT molecular complexity index is 493. The van der Waals surface area contributed by atoms with E-state index in [1.54, 1.807) is 0 Å². The number of carbonyl (C=O) groups is 2. The van der Waals surface area contributed by atoms with Gasteiger partial charge in [0.15, 0.2) is 0 Å². The maximum Gasteiger partial charge on any atom is 0.322 e. The Kier molecular flexibility index (Phi) is 6.36. The SMILES string of the molecule is O=C(O)CNC(=O)CN1CCCN(Cc2ccccc2)CC1. The molecule has 6 nitrogen and oxygen atoms in total. The molecule has 0 spiro atoms. The number of carbonyl (C=O) groups excluding carboxylic acids is 1. The number of carboxylic acid groups (broad SMARTS) is 1. The van der Waals surface area contributed by atoms with E-state index in [1.165, 1.54) is 5.56 Å². The van der Waals surface area contributed by atoms with Gasteiger partial charge >= 0.3 is 5.97 Å². The van der Waals surface area contributed by atoms with Gasteiger partial charge in [0, 0.05) is 19.6 Å². The summed E-state index contributed by atoms with van der Waals surface area (Å²) < 4.78 is 0. The molecular formula is C16H23N3O3. The Balaban J connectivity index is 1.75. The third-order valence-electron chi connectivity index (χ3n) is 3.73. The molecule has 1 fully saturated rings. The van der Waals surface area contributed by atoms with Crippen molar-refractivity contribution in [1.29, 1.82) is 0 Å². The minimum atomic E-state index is -1.02. The minimum Gasteiger partial charge on any atom is -0.480 e. The Morgan fingerprint density at radius 2 is 1.73 bits per heavy atom. The molecule has 0 aliphatic carbocycles. The van der Waals surface area contributed by atoms with Crippen LogP contribution in [0.3, 0.4) is 0 Å². The van der Waals surface area contributed by atoms with Gasteiger partial charge in [-0.05, 0) is 25.1 Å². The lowest BCUT2D eigenvalue weighted by atomic mass is 10.2. The van der Waals surface area contributed by atoms with Crippen LogP contribution in [0.15, 0.2) is 30.3 Å². The fourth-order valence-corrected chi connectivity index (χ4v) is 2.62. The van der Waals surface area contributed by atoms with E-state index < -0.39 is 5.97 Å². The fourth-order valence-electron chi connectivity index (χ4n) is 2.62. The van der Waals surface area contributed by atoms with Crippen molar-refractivity contribution in [3.63, 3.8) is 0 Å². The van der Waals surface area contributed by atoms with E-state index in [9.17, 15) is 9.59 Å². The Morgan fingerprint density at radius 3 is 2.45 bits per heavy atom. The van der Waals surface area contributed by atoms with Gasteiger partial charge in [-0.1, -0.05) is 30.3 Å². The van der Waals surface area contributed by atoms with Gasteiger partial charge in [-0.25, -0.2) is 0 Å². The largest absolute Gasteiger partial charge is 0.480 e. The molecule has 1 aromatic rings. The topological polar surface area (TPSA) is 72.9 Å². The van der Waals surface area contributed by atoms with E-state index in [1.807, 2.05) is 18.2 Å². The molecule has 2 N–H and O–H groups in total. The first kappa shape index (κ1) is 16.5. The molecule has 1 aliphatic rings. The quantitative estimate of drug-likeness (QED) is 0.796. The summed E-state index contributed by atoms with van der Waals surface area (Å²) in [4.78, 5) is 26.6. The summed E-state index contributed by atoms with van der Waals surface area (Å²) in [6, 6.07) is 10.4. The maximum absolute atomic E-state index is 11.7. The van der Waals surface area contributed by atoms with Crippen LogP contribution in [0.1, 0.15) is 12.0 Å². The second kappa shape index (κ2) is 8.51. The van der Waals surface area contributed by atoms with E-state index in [4.69, 9.17) is 5.11 Å². The van der Waals surface area contributed by atoms with Crippen molar-refractivity contribution in [2.24, 2.45) is 0 Å². The number of nitrogens with zero attached hydrogens (tertiary/aromatic N) is 2. The Hall–Kier alpha value is -1.92. The number of benzene rings is 1. The van der Waals surface area contributed by atoms with Crippen LogP contribution >= 0.6 is 0 Å². The average Bonchev–Trinajstić information content (AvgIpc) is 2.72. The van der Waals surface area contributed by atoms with Crippen molar-refractivity contribution >= 4 is 11.9 Å². The standard InChI is InChI=1S/C16H23N3O3/c20-15(17-11-16(21)22)13-19-8-4-7-18(9-10-19)12-14-5-2-1-3-6-14/h1-3,5-6H,4,7-13H2,(H,17,20)(H,21,22). The summed E-state index contributed by atoms with van der Waals surface area (Å²) in [5, 5.41) is 11.0. The van der Waals surface area contributed by atoms with Crippen LogP contribution < -0.4 is 5.32 Å². The van der Waals surface area contributed by atoms with Gasteiger partial charge in [0.2, 0.25) is 5.91 Å². The van der Waals surface area contributed by atoms with Crippen LogP contribution in [0.4, 0.5) is 0 Å². The van der Waals surface area contributed by atoms with Gasteiger partial charge in [0.25, 0.3) is 0 Å². The van der Waals surface area contributed by atoms with E-state index in [-0.39, 0.29) is 19.0 Å². The van der Waals surface area contributed by atoms with Crippen molar-refractivity contribution in [3.8, 4) is 0 Å². The van der Waals surface area contributed by atoms with Gasteiger partial charge < -0.3 is 10.4 Å². The molecule has 0 bridgehead atoms. The van der Waals surface area contributed by atoms with Crippen LogP contribution in [0, 0.1) is 0 Å². The monoisotopic (exact) mass is 305 g/mol. The van der Waals surface area contributed by atoms with Crippen LogP contribution in [0.25, 0.3) is 0 Å². The first-order valence-electron chi connectivity index (χ1n) is 7.60. The van der Waals surface area contributed by atoms with Gasteiger partial charge in [-0.2, -0.15) is 0 Å². The predicted molar refractivity (Wildman–Crippen MR) is 83.4 cm³/mol. The van der Waals surface area contributed by atoms with Gasteiger partial charge in [-0.15, -0.1) is 0 Å². The number of hydrogen-bond donors (Lipinski definition) is 2. The number of rotatable bonds is 6. The summed E-state index contributed by atoms with van der Waals surface area (Å²) in [6.45, 7) is 4.52. The molecule has 2 rings (SSSR count). The highest BCUT2D eigenvalue weighted by Gasteiger charge is 2.17. The summed E-state index contributed by atoms with van der Waals surface area (Å²) in [7, 11) is 0. The smallest absolute Gasteiger partial charge is 0.322 e. The highest BCUT2D eigenvalue weighted by molar-refractivity contribution is 5.82. The van der Waals surface area contributed by atoms with Gasteiger partial charge in [-0.3, -0.25) is 19.4 Å². The minimum absolute atomic E-state index is 0.223. The number of amides is 1. The molecule has 0 aromatic heterocycles. The Labute approximate surface area is 130 Å². The molecule has 0 saturated carbocycles. The van der Waals surface area contributed by atoms with Crippen LogP contribution in [-0.2, 0) is 16.1 Å². The molecule has 1 saturated heterocycles. The van der Waals surface area contributed by atoms with Crippen molar-refractivity contribution < 1.29 is 14.7 Å². The molecular weight excluding hydrogens is 282 g/mol. The third kappa shape index (κ3) is 5.83. The lowest BCUT2D eigenvalue weighted by Gasteiger charge is -2.21. The second-order valence-electron chi connectivity index (χ2n) is 5.56.